The Morgan fingerprint density at radius 3 is 2.25 bits per heavy atom. The smallest absolute Gasteiger partial charge is 0.409 e. The molecule has 5 heteroatoms. The molecule has 118 valence electrons. The Hall–Kier alpha value is -0.810. The topological polar surface area (TPSA) is 53.0 Å². The van der Waals surface area contributed by atoms with Crippen molar-refractivity contribution in [3.63, 3.8) is 0 Å². The highest BCUT2D eigenvalue weighted by molar-refractivity contribution is 5.67. The number of hydrogen-bond donors (Lipinski definition) is 1. The molecular formula is C15H30N2O3. The van der Waals surface area contributed by atoms with Crippen LogP contribution in [0.4, 0.5) is 4.79 Å². The second kappa shape index (κ2) is 8.47. The summed E-state index contributed by atoms with van der Waals surface area (Å²) < 4.78 is 4.52. The molecule has 5 nitrogen and oxygen atoms in total. The molecule has 0 saturated carbocycles. The molecule has 0 aromatic rings. The van der Waals surface area contributed by atoms with Gasteiger partial charge in [0.2, 0.25) is 0 Å². The van der Waals surface area contributed by atoms with Crippen LogP contribution in [0, 0.1) is 0 Å². The van der Waals surface area contributed by atoms with Gasteiger partial charge < -0.3 is 14.7 Å². The van der Waals surface area contributed by atoms with Gasteiger partial charge in [0.1, 0.15) is 0 Å². The van der Waals surface area contributed by atoms with Crippen molar-refractivity contribution in [1.82, 2.24) is 9.80 Å². The van der Waals surface area contributed by atoms with Crippen molar-refractivity contribution in [2.24, 2.45) is 0 Å². The SMILES string of the molecule is CCN1CCCC1(CC)CO.COC(=O)N1CCCC1. The highest BCUT2D eigenvalue weighted by atomic mass is 16.5. The van der Waals surface area contributed by atoms with E-state index in [1.165, 1.54) is 26.5 Å². The third-order valence-corrected chi connectivity index (χ3v) is 4.61. The van der Waals surface area contributed by atoms with E-state index >= 15 is 0 Å². The van der Waals surface area contributed by atoms with Gasteiger partial charge in [-0.1, -0.05) is 13.8 Å². The van der Waals surface area contributed by atoms with Gasteiger partial charge in [-0.15, -0.1) is 0 Å². The minimum atomic E-state index is -0.187. The number of nitrogens with zero attached hydrogens (tertiary/aromatic N) is 2. The lowest BCUT2D eigenvalue weighted by Gasteiger charge is -2.35. The molecule has 0 bridgehead atoms. The molecule has 0 spiro atoms. The predicted octanol–water partition coefficient (Wildman–Crippen LogP) is 2.09. The molecule has 0 aromatic heterocycles. The van der Waals surface area contributed by atoms with Crippen molar-refractivity contribution in [2.45, 2.75) is 51.5 Å². The Morgan fingerprint density at radius 2 is 1.85 bits per heavy atom. The van der Waals surface area contributed by atoms with E-state index in [1.54, 1.807) is 4.90 Å². The van der Waals surface area contributed by atoms with E-state index in [1.807, 2.05) is 0 Å². The first-order valence-corrected chi connectivity index (χ1v) is 7.82. The Balaban J connectivity index is 0.000000204. The van der Waals surface area contributed by atoms with Gasteiger partial charge in [-0.3, -0.25) is 4.90 Å². The van der Waals surface area contributed by atoms with Crippen molar-refractivity contribution in [3.05, 3.63) is 0 Å². The summed E-state index contributed by atoms with van der Waals surface area (Å²) in [5, 5.41) is 9.28. The maximum Gasteiger partial charge on any atom is 0.409 e. The average molecular weight is 286 g/mol. The Bertz CT molecular complexity index is 287. The minimum Gasteiger partial charge on any atom is -0.453 e. The number of amides is 1. The van der Waals surface area contributed by atoms with E-state index in [2.05, 4.69) is 23.5 Å². The van der Waals surface area contributed by atoms with Crippen LogP contribution in [0.3, 0.4) is 0 Å². The Kier molecular flexibility index (Phi) is 7.30. The molecule has 20 heavy (non-hydrogen) atoms. The fourth-order valence-corrected chi connectivity index (χ4v) is 3.21. The lowest BCUT2D eigenvalue weighted by Crippen LogP contribution is -2.46. The second-order valence-corrected chi connectivity index (χ2v) is 5.58. The van der Waals surface area contributed by atoms with Crippen LogP contribution in [-0.2, 0) is 4.74 Å². The van der Waals surface area contributed by atoms with E-state index in [-0.39, 0.29) is 11.6 Å². The number of likely N-dealkylation sites (N-methyl/N-ethyl adjacent to an activating group) is 1. The maximum atomic E-state index is 10.7. The van der Waals surface area contributed by atoms with Crippen LogP contribution in [0.5, 0.6) is 0 Å². The highest BCUT2D eigenvalue weighted by Crippen LogP contribution is 2.31. The Labute approximate surface area is 122 Å². The third kappa shape index (κ3) is 4.09. The highest BCUT2D eigenvalue weighted by Gasteiger charge is 2.37. The van der Waals surface area contributed by atoms with Crippen LogP contribution in [0.15, 0.2) is 0 Å². The molecule has 2 fully saturated rings. The van der Waals surface area contributed by atoms with Crippen molar-refractivity contribution in [3.8, 4) is 0 Å². The summed E-state index contributed by atoms with van der Waals surface area (Å²) in [6, 6.07) is 0. The van der Waals surface area contributed by atoms with E-state index in [0.717, 1.165) is 38.9 Å². The normalized spacial score (nSPS) is 26.3. The van der Waals surface area contributed by atoms with Crippen LogP contribution in [0.2, 0.25) is 0 Å². The Morgan fingerprint density at radius 1 is 1.20 bits per heavy atom. The summed E-state index contributed by atoms with van der Waals surface area (Å²) in [6.45, 7) is 8.66. The van der Waals surface area contributed by atoms with Crippen LogP contribution in [0.25, 0.3) is 0 Å². The molecule has 0 aromatic carbocycles. The second-order valence-electron chi connectivity index (χ2n) is 5.58. The fraction of sp³-hybridized carbons (Fsp3) is 0.933. The number of methoxy groups -OCH3 is 1. The number of likely N-dealkylation sites (tertiary alicyclic amines) is 2. The molecule has 2 rings (SSSR count). The molecular weight excluding hydrogens is 256 g/mol. The first-order chi connectivity index (χ1) is 9.63. The van der Waals surface area contributed by atoms with Gasteiger partial charge in [0.25, 0.3) is 0 Å². The van der Waals surface area contributed by atoms with Crippen LogP contribution < -0.4 is 0 Å². The van der Waals surface area contributed by atoms with Gasteiger partial charge in [-0.05, 0) is 45.2 Å². The summed E-state index contributed by atoms with van der Waals surface area (Å²) in [4.78, 5) is 14.8. The average Bonchev–Trinajstić information content (AvgIpc) is 3.16. The number of hydrogen-bond acceptors (Lipinski definition) is 4. The molecule has 1 atom stereocenters. The van der Waals surface area contributed by atoms with Crippen LogP contribution in [-0.4, -0.2) is 66.4 Å². The lowest BCUT2D eigenvalue weighted by atomic mass is 9.94. The molecule has 0 aliphatic carbocycles. The summed E-state index contributed by atoms with van der Waals surface area (Å²) in [6.07, 6.45) is 5.56. The monoisotopic (exact) mass is 286 g/mol. The zero-order valence-corrected chi connectivity index (χ0v) is 13.2. The van der Waals surface area contributed by atoms with Gasteiger partial charge in [-0.2, -0.15) is 0 Å². The summed E-state index contributed by atoms with van der Waals surface area (Å²) >= 11 is 0. The quantitative estimate of drug-likeness (QED) is 0.863. The van der Waals surface area contributed by atoms with Crippen LogP contribution >= 0.6 is 0 Å². The van der Waals surface area contributed by atoms with Gasteiger partial charge in [0.05, 0.1) is 13.7 Å². The summed E-state index contributed by atoms with van der Waals surface area (Å²) in [7, 11) is 1.42. The van der Waals surface area contributed by atoms with E-state index in [0.29, 0.717) is 6.61 Å². The van der Waals surface area contributed by atoms with Gasteiger partial charge in [0.15, 0.2) is 0 Å². The van der Waals surface area contributed by atoms with E-state index in [4.69, 9.17) is 0 Å². The lowest BCUT2D eigenvalue weighted by molar-refractivity contribution is 0.0647. The number of carbonyl (C=O) groups is 1. The molecule has 0 radical (unpaired) electrons. The third-order valence-electron chi connectivity index (χ3n) is 4.61. The standard InChI is InChI=1S/C9H19NO.C6H11NO2/c1-3-9(8-11)6-5-7-10(9)4-2;1-9-6(8)7-4-2-3-5-7/h11H,3-8H2,1-2H3;2-5H2,1H3. The van der Waals surface area contributed by atoms with Crippen LogP contribution in [0.1, 0.15) is 46.0 Å². The zero-order chi connectivity index (χ0) is 15.0. The number of aliphatic hydroxyl groups is 1. The van der Waals surface area contributed by atoms with Crippen molar-refractivity contribution >= 4 is 6.09 Å². The van der Waals surface area contributed by atoms with E-state index in [9.17, 15) is 9.90 Å². The van der Waals surface area contributed by atoms with Crippen molar-refractivity contribution < 1.29 is 14.6 Å². The predicted molar refractivity (Wildman–Crippen MR) is 79.8 cm³/mol. The summed E-state index contributed by atoms with van der Waals surface area (Å²) in [5.74, 6) is 0. The molecule has 1 amide bonds. The maximum absolute atomic E-state index is 10.7. The molecule has 1 unspecified atom stereocenters. The van der Waals surface area contributed by atoms with Gasteiger partial charge in [-0.25, -0.2) is 4.79 Å². The first-order valence-electron chi connectivity index (χ1n) is 7.82. The summed E-state index contributed by atoms with van der Waals surface area (Å²) in [5.41, 5.74) is 0.134. The molecule has 2 aliphatic heterocycles. The largest absolute Gasteiger partial charge is 0.453 e. The molecule has 2 aliphatic rings. The van der Waals surface area contributed by atoms with Gasteiger partial charge in [0, 0.05) is 18.6 Å². The number of aliphatic hydroxyl groups excluding tert-OH is 1. The molecule has 1 N–H and O–H groups in total. The molecule has 2 heterocycles. The van der Waals surface area contributed by atoms with E-state index < -0.39 is 0 Å². The minimum absolute atomic E-state index is 0.134. The van der Waals surface area contributed by atoms with Crippen molar-refractivity contribution in [2.75, 3.05) is 39.9 Å². The van der Waals surface area contributed by atoms with Gasteiger partial charge >= 0.3 is 6.09 Å². The first kappa shape index (κ1) is 17.2. The number of ether oxygens (including phenoxy) is 1. The number of rotatable bonds is 3. The fourth-order valence-electron chi connectivity index (χ4n) is 3.21. The molecule has 2 saturated heterocycles. The zero-order valence-electron chi connectivity index (χ0n) is 13.2. The number of carbonyl (C=O) groups excluding carboxylic acids is 1. The van der Waals surface area contributed by atoms with Crippen molar-refractivity contribution in [1.29, 1.82) is 0 Å².